The van der Waals surface area contributed by atoms with Gasteiger partial charge in [0, 0.05) is 11.3 Å². The van der Waals surface area contributed by atoms with Crippen LogP contribution in [0.3, 0.4) is 0 Å². The lowest BCUT2D eigenvalue weighted by molar-refractivity contribution is 0.340. The smallest absolute Gasteiger partial charge is 0.191 e. The maximum atomic E-state index is 5.40. The Bertz CT molecular complexity index is 714. The SMILES string of the molecule is CCOc1ccc(NC(=S)N/N=C(/C)c2cccc(OC)c2)cc1. The Hall–Kier alpha value is -2.60. The van der Waals surface area contributed by atoms with E-state index in [1.807, 2.05) is 62.4 Å². The molecule has 2 aromatic rings. The van der Waals surface area contributed by atoms with E-state index in [1.165, 1.54) is 0 Å². The molecule has 0 aliphatic carbocycles. The van der Waals surface area contributed by atoms with Crippen LogP contribution in [0.1, 0.15) is 19.4 Å². The molecule has 5 nitrogen and oxygen atoms in total. The summed E-state index contributed by atoms with van der Waals surface area (Å²) in [5.74, 6) is 1.62. The van der Waals surface area contributed by atoms with E-state index in [4.69, 9.17) is 21.7 Å². The standard InChI is InChI=1S/C18H21N3O2S/c1-4-23-16-10-8-15(9-11-16)19-18(24)21-20-13(2)14-6-5-7-17(12-14)22-3/h5-12H,4H2,1-3H3,(H2,19,21,24)/b20-13-. The summed E-state index contributed by atoms with van der Waals surface area (Å²) in [5.41, 5.74) is 5.48. The Morgan fingerprint density at radius 1 is 1.12 bits per heavy atom. The largest absolute Gasteiger partial charge is 0.497 e. The normalized spacial score (nSPS) is 10.9. The molecular formula is C18H21N3O2S. The van der Waals surface area contributed by atoms with Gasteiger partial charge >= 0.3 is 0 Å². The Kier molecular flexibility index (Phi) is 6.57. The van der Waals surface area contributed by atoms with E-state index >= 15 is 0 Å². The number of nitrogens with zero attached hydrogens (tertiary/aromatic N) is 1. The van der Waals surface area contributed by atoms with Gasteiger partial charge in [-0.25, -0.2) is 0 Å². The molecule has 2 rings (SSSR count). The van der Waals surface area contributed by atoms with Gasteiger partial charge in [-0.3, -0.25) is 5.43 Å². The first-order valence-corrected chi connectivity index (χ1v) is 8.01. The molecule has 0 bridgehead atoms. The number of hydrazone groups is 1. The molecule has 0 fully saturated rings. The monoisotopic (exact) mass is 343 g/mol. The number of hydrogen-bond donors (Lipinski definition) is 2. The van der Waals surface area contributed by atoms with Crippen molar-refractivity contribution in [2.45, 2.75) is 13.8 Å². The first-order chi connectivity index (χ1) is 11.6. The van der Waals surface area contributed by atoms with Crippen molar-refractivity contribution in [1.29, 1.82) is 0 Å². The fourth-order valence-corrected chi connectivity index (χ4v) is 2.17. The quantitative estimate of drug-likeness (QED) is 0.475. The average molecular weight is 343 g/mol. The van der Waals surface area contributed by atoms with Crippen LogP contribution in [0.25, 0.3) is 0 Å². The molecule has 0 amide bonds. The number of benzene rings is 2. The van der Waals surface area contributed by atoms with Crippen molar-refractivity contribution in [3.63, 3.8) is 0 Å². The minimum atomic E-state index is 0.418. The van der Waals surface area contributed by atoms with Gasteiger partial charge in [-0.2, -0.15) is 5.10 Å². The van der Waals surface area contributed by atoms with Crippen LogP contribution >= 0.6 is 12.2 Å². The predicted molar refractivity (Wildman–Crippen MR) is 102 cm³/mol. The lowest BCUT2D eigenvalue weighted by atomic mass is 10.1. The zero-order valence-electron chi connectivity index (χ0n) is 14.0. The second-order valence-electron chi connectivity index (χ2n) is 4.95. The molecule has 0 heterocycles. The molecule has 0 unspecified atom stereocenters. The Morgan fingerprint density at radius 3 is 2.54 bits per heavy atom. The maximum Gasteiger partial charge on any atom is 0.191 e. The summed E-state index contributed by atoms with van der Waals surface area (Å²) in [6.07, 6.45) is 0. The predicted octanol–water partition coefficient (Wildman–Crippen LogP) is 3.80. The van der Waals surface area contributed by atoms with Crippen molar-refractivity contribution in [3.05, 3.63) is 54.1 Å². The van der Waals surface area contributed by atoms with Crippen LogP contribution in [0.5, 0.6) is 11.5 Å². The van der Waals surface area contributed by atoms with E-state index in [-0.39, 0.29) is 0 Å². The third-order valence-corrected chi connectivity index (χ3v) is 3.43. The van der Waals surface area contributed by atoms with E-state index in [1.54, 1.807) is 7.11 Å². The van der Waals surface area contributed by atoms with Gasteiger partial charge < -0.3 is 14.8 Å². The van der Waals surface area contributed by atoms with Gasteiger partial charge in [-0.1, -0.05) is 12.1 Å². The Labute approximate surface area is 147 Å². The second-order valence-corrected chi connectivity index (χ2v) is 5.36. The first-order valence-electron chi connectivity index (χ1n) is 7.61. The van der Waals surface area contributed by atoms with Gasteiger partial charge in [0.1, 0.15) is 11.5 Å². The number of thiocarbonyl (C=S) groups is 1. The van der Waals surface area contributed by atoms with Crippen molar-refractivity contribution in [2.24, 2.45) is 5.10 Å². The summed E-state index contributed by atoms with van der Waals surface area (Å²) < 4.78 is 10.6. The molecular weight excluding hydrogens is 322 g/mol. The highest BCUT2D eigenvalue weighted by molar-refractivity contribution is 7.80. The van der Waals surface area contributed by atoms with Crippen molar-refractivity contribution in [2.75, 3.05) is 19.0 Å². The van der Waals surface area contributed by atoms with E-state index in [0.29, 0.717) is 11.7 Å². The highest BCUT2D eigenvalue weighted by atomic mass is 32.1. The highest BCUT2D eigenvalue weighted by Gasteiger charge is 2.01. The number of rotatable bonds is 6. The minimum Gasteiger partial charge on any atom is -0.497 e. The Morgan fingerprint density at radius 2 is 1.88 bits per heavy atom. The average Bonchev–Trinajstić information content (AvgIpc) is 2.61. The number of nitrogens with one attached hydrogen (secondary N) is 2. The zero-order chi connectivity index (χ0) is 17.4. The van der Waals surface area contributed by atoms with Crippen LogP contribution in [0.15, 0.2) is 53.6 Å². The van der Waals surface area contributed by atoms with Crippen LogP contribution in [0, 0.1) is 0 Å². The van der Waals surface area contributed by atoms with Crippen molar-refractivity contribution < 1.29 is 9.47 Å². The second kappa shape index (κ2) is 8.88. The molecule has 6 heteroatoms. The van der Waals surface area contributed by atoms with E-state index in [0.717, 1.165) is 28.5 Å². The number of ether oxygens (including phenoxy) is 2. The van der Waals surface area contributed by atoms with E-state index < -0.39 is 0 Å². The summed E-state index contributed by atoms with van der Waals surface area (Å²) in [7, 11) is 1.64. The zero-order valence-corrected chi connectivity index (χ0v) is 14.8. The van der Waals surface area contributed by atoms with Gasteiger partial charge in [0.05, 0.1) is 19.4 Å². The van der Waals surface area contributed by atoms with Crippen LogP contribution in [0.4, 0.5) is 5.69 Å². The van der Waals surface area contributed by atoms with Crippen LogP contribution < -0.4 is 20.2 Å². The summed E-state index contributed by atoms with van der Waals surface area (Å²) >= 11 is 5.25. The summed E-state index contributed by atoms with van der Waals surface area (Å²) in [6, 6.07) is 15.3. The third-order valence-electron chi connectivity index (χ3n) is 3.24. The fourth-order valence-electron chi connectivity index (χ4n) is 2.01. The highest BCUT2D eigenvalue weighted by Crippen LogP contribution is 2.15. The molecule has 0 aromatic heterocycles. The molecule has 0 spiro atoms. The minimum absolute atomic E-state index is 0.418. The fraction of sp³-hybridized carbons (Fsp3) is 0.222. The number of methoxy groups -OCH3 is 1. The molecule has 2 N–H and O–H groups in total. The summed E-state index contributed by atoms with van der Waals surface area (Å²) in [6.45, 7) is 4.50. The maximum absolute atomic E-state index is 5.40. The van der Waals surface area contributed by atoms with Crippen molar-refractivity contribution in [3.8, 4) is 11.5 Å². The number of hydrogen-bond acceptors (Lipinski definition) is 4. The van der Waals surface area contributed by atoms with Gasteiger partial charge in [-0.05, 0) is 62.5 Å². The van der Waals surface area contributed by atoms with Crippen molar-refractivity contribution in [1.82, 2.24) is 5.43 Å². The molecule has 0 radical (unpaired) electrons. The van der Waals surface area contributed by atoms with Crippen molar-refractivity contribution >= 4 is 28.7 Å². The summed E-state index contributed by atoms with van der Waals surface area (Å²) in [4.78, 5) is 0. The molecule has 0 saturated carbocycles. The van der Waals surface area contributed by atoms with Gasteiger partial charge in [0.2, 0.25) is 0 Å². The van der Waals surface area contributed by atoms with Gasteiger partial charge in [-0.15, -0.1) is 0 Å². The molecule has 0 saturated heterocycles. The molecule has 0 aliphatic rings. The van der Waals surface area contributed by atoms with Gasteiger partial charge in [0.15, 0.2) is 5.11 Å². The van der Waals surface area contributed by atoms with Crippen LogP contribution in [-0.2, 0) is 0 Å². The molecule has 2 aromatic carbocycles. The molecule has 0 atom stereocenters. The van der Waals surface area contributed by atoms with E-state index in [9.17, 15) is 0 Å². The van der Waals surface area contributed by atoms with E-state index in [2.05, 4.69) is 15.8 Å². The van der Waals surface area contributed by atoms with Crippen LogP contribution in [0.2, 0.25) is 0 Å². The topological polar surface area (TPSA) is 54.9 Å². The molecule has 24 heavy (non-hydrogen) atoms. The van der Waals surface area contributed by atoms with Gasteiger partial charge in [0.25, 0.3) is 0 Å². The third kappa shape index (κ3) is 5.24. The van der Waals surface area contributed by atoms with Crippen LogP contribution in [-0.4, -0.2) is 24.5 Å². The lowest BCUT2D eigenvalue weighted by Crippen LogP contribution is -2.24. The molecule has 126 valence electrons. The molecule has 0 aliphatic heterocycles. The lowest BCUT2D eigenvalue weighted by Gasteiger charge is -2.09. The Balaban J connectivity index is 1.93. The number of anilines is 1. The first kappa shape index (κ1) is 17.7. The summed E-state index contributed by atoms with van der Waals surface area (Å²) in [5, 5.41) is 7.79.